The molecule has 0 aliphatic heterocycles. The lowest BCUT2D eigenvalue weighted by molar-refractivity contribution is -0.137. The molecule has 2 aromatic carbocycles. The van der Waals surface area contributed by atoms with Crippen molar-refractivity contribution in [3.05, 3.63) is 53.6 Å². The molecule has 8 heteroatoms. The van der Waals surface area contributed by atoms with E-state index in [9.17, 15) is 13.2 Å². The quantitative estimate of drug-likeness (QED) is 0.298. The van der Waals surface area contributed by atoms with Crippen LogP contribution in [0.1, 0.15) is 24.5 Å². The number of rotatable bonds is 12. The highest BCUT2D eigenvalue weighted by molar-refractivity contribution is 7.99. The summed E-state index contributed by atoms with van der Waals surface area (Å²) in [5, 5.41) is 0. The summed E-state index contributed by atoms with van der Waals surface area (Å²) < 4.78 is 59.9. The molecule has 2 rings (SSSR count). The SMILES string of the molecule is CCCOc1ccc(SC[C@@H](COc2ccc(C(F)(F)F)cc2)OCOC)cc1C. The summed E-state index contributed by atoms with van der Waals surface area (Å²) in [6.45, 7) is 5.04. The van der Waals surface area contributed by atoms with Crippen molar-refractivity contribution >= 4 is 11.8 Å². The summed E-state index contributed by atoms with van der Waals surface area (Å²) in [5.74, 6) is 1.82. The molecule has 2 aromatic rings. The summed E-state index contributed by atoms with van der Waals surface area (Å²) in [7, 11) is 1.53. The second kappa shape index (κ2) is 12.1. The predicted molar refractivity (Wildman–Crippen MR) is 111 cm³/mol. The largest absolute Gasteiger partial charge is 0.493 e. The van der Waals surface area contributed by atoms with Crippen molar-refractivity contribution in [2.75, 3.05) is 32.9 Å². The number of halogens is 3. The Bertz CT molecular complexity index is 766. The third-order valence-electron chi connectivity index (χ3n) is 4.08. The molecule has 0 radical (unpaired) electrons. The van der Waals surface area contributed by atoms with E-state index in [1.807, 2.05) is 19.1 Å². The van der Waals surface area contributed by atoms with Crippen molar-refractivity contribution in [3.8, 4) is 11.5 Å². The zero-order valence-corrected chi connectivity index (χ0v) is 18.1. The second-order valence-corrected chi connectivity index (χ2v) is 7.71. The van der Waals surface area contributed by atoms with Crippen molar-refractivity contribution in [3.63, 3.8) is 0 Å². The molecule has 0 unspecified atom stereocenters. The molecule has 0 bridgehead atoms. The first-order chi connectivity index (χ1) is 14.3. The van der Waals surface area contributed by atoms with Gasteiger partial charge in [-0.25, -0.2) is 0 Å². The number of alkyl halides is 3. The minimum Gasteiger partial charge on any atom is -0.493 e. The van der Waals surface area contributed by atoms with Crippen LogP contribution in [0.2, 0.25) is 0 Å². The highest BCUT2D eigenvalue weighted by Gasteiger charge is 2.30. The number of hydrogen-bond donors (Lipinski definition) is 0. The lowest BCUT2D eigenvalue weighted by atomic mass is 10.2. The number of aryl methyl sites for hydroxylation is 1. The second-order valence-electron chi connectivity index (χ2n) is 6.62. The van der Waals surface area contributed by atoms with Gasteiger partial charge < -0.3 is 18.9 Å². The Morgan fingerprint density at radius 2 is 1.77 bits per heavy atom. The van der Waals surface area contributed by atoms with Crippen LogP contribution in [0.25, 0.3) is 0 Å². The lowest BCUT2D eigenvalue weighted by Gasteiger charge is -2.18. The van der Waals surface area contributed by atoms with E-state index in [4.69, 9.17) is 18.9 Å². The third-order valence-corrected chi connectivity index (χ3v) is 5.21. The van der Waals surface area contributed by atoms with Crippen LogP contribution in [0.5, 0.6) is 11.5 Å². The highest BCUT2D eigenvalue weighted by atomic mass is 32.2. The maximum atomic E-state index is 12.7. The Labute approximate surface area is 179 Å². The van der Waals surface area contributed by atoms with Gasteiger partial charge >= 0.3 is 6.18 Å². The Morgan fingerprint density at radius 1 is 1.03 bits per heavy atom. The van der Waals surface area contributed by atoms with E-state index in [0.29, 0.717) is 18.1 Å². The molecule has 0 spiro atoms. The van der Waals surface area contributed by atoms with Gasteiger partial charge in [0, 0.05) is 17.8 Å². The summed E-state index contributed by atoms with van der Waals surface area (Å²) in [5.41, 5.74) is 0.350. The van der Waals surface area contributed by atoms with Crippen molar-refractivity contribution in [1.29, 1.82) is 0 Å². The molecule has 0 fully saturated rings. The van der Waals surface area contributed by atoms with Gasteiger partial charge in [0.05, 0.1) is 12.2 Å². The van der Waals surface area contributed by atoms with Gasteiger partial charge in [0.15, 0.2) is 0 Å². The molecule has 0 N–H and O–H groups in total. The van der Waals surface area contributed by atoms with Crippen LogP contribution in [0.4, 0.5) is 13.2 Å². The fraction of sp³-hybridized carbons (Fsp3) is 0.455. The molecule has 0 saturated carbocycles. The molecule has 0 aliphatic carbocycles. The summed E-state index contributed by atoms with van der Waals surface area (Å²) in [6.07, 6.45) is -3.71. The Kier molecular flexibility index (Phi) is 9.81. The van der Waals surface area contributed by atoms with Gasteiger partial charge in [-0.15, -0.1) is 11.8 Å². The fourth-order valence-corrected chi connectivity index (χ4v) is 3.51. The van der Waals surface area contributed by atoms with Gasteiger partial charge in [-0.3, -0.25) is 0 Å². The molecule has 4 nitrogen and oxygen atoms in total. The smallest absolute Gasteiger partial charge is 0.416 e. The molecule has 166 valence electrons. The van der Waals surface area contributed by atoms with Gasteiger partial charge in [0.1, 0.15) is 31.0 Å². The van der Waals surface area contributed by atoms with Gasteiger partial charge in [0.25, 0.3) is 0 Å². The van der Waals surface area contributed by atoms with Crippen LogP contribution in [-0.2, 0) is 15.7 Å². The van der Waals surface area contributed by atoms with Crippen LogP contribution in [0.15, 0.2) is 47.4 Å². The van der Waals surface area contributed by atoms with E-state index in [1.165, 1.54) is 19.2 Å². The molecule has 0 saturated heterocycles. The monoisotopic (exact) mass is 444 g/mol. The van der Waals surface area contributed by atoms with Gasteiger partial charge in [-0.2, -0.15) is 13.2 Å². The number of methoxy groups -OCH3 is 1. The van der Waals surface area contributed by atoms with Crippen molar-refractivity contribution in [2.45, 2.75) is 37.4 Å². The maximum absolute atomic E-state index is 12.7. The van der Waals surface area contributed by atoms with Crippen LogP contribution in [0, 0.1) is 6.92 Å². The zero-order chi connectivity index (χ0) is 22.0. The Morgan fingerprint density at radius 3 is 2.37 bits per heavy atom. The average molecular weight is 445 g/mol. The minimum absolute atomic E-state index is 0.102. The Hall–Kier alpha value is -1.90. The lowest BCUT2D eigenvalue weighted by Crippen LogP contribution is -2.25. The average Bonchev–Trinajstić information content (AvgIpc) is 2.72. The number of thioether (sulfide) groups is 1. The van der Waals surface area contributed by atoms with E-state index >= 15 is 0 Å². The van der Waals surface area contributed by atoms with Crippen molar-refractivity contribution < 1.29 is 32.1 Å². The Balaban J connectivity index is 1.91. The molecule has 0 heterocycles. The van der Waals surface area contributed by atoms with Crippen LogP contribution in [0.3, 0.4) is 0 Å². The topological polar surface area (TPSA) is 36.9 Å². The summed E-state index contributed by atoms with van der Waals surface area (Å²) in [6, 6.07) is 10.6. The molecule has 0 aliphatic rings. The van der Waals surface area contributed by atoms with Gasteiger partial charge in [0.2, 0.25) is 0 Å². The van der Waals surface area contributed by atoms with Gasteiger partial charge in [-0.1, -0.05) is 6.92 Å². The first-order valence-electron chi connectivity index (χ1n) is 9.60. The third kappa shape index (κ3) is 8.08. The minimum atomic E-state index is -4.37. The van der Waals surface area contributed by atoms with Gasteiger partial charge in [-0.05, 0) is 61.4 Å². The molecule has 0 amide bonds. The van der Waals surface area contributed by atoms with Crippen molar-refractivity contribution in [2.24, 2.45) is 0 Å². The highest BCUT2D eigenvalue weighted by Crippen LogP contribution is 2.30. The molecule has 1 atom stereocenters. The van der Waals surface area contributed by atoms with E-state index < -0.39 is 11.7 Å². The van der Waals surface area contributed by atoms with E-state index in [0.717, 1.165) is 34.8 Å². The van der Waals surface area contributed by atoms with Crippen LogP contribution in [-0.4, -0.2) is 39.0 Å². The summed E-state index contributed by atoms with van der Waals surface area (Å²) >= 11 is 1.60. The molecular formula is C22H27F3O4S. The normalized spacial score (nSPS) is 12.6. The molecule has 0 aromatic heterocycles. The first-order valence-corrected chi connectivity index (χ1v) is 10.6. The predicted octanol–water partition coefficient (Wildman–Crippen LogP) is 5.96. The maximum Gasteiger partial charge on any atom is 0.416 e. The van der Waals surface area contributed by atoms with Crippen molar-refractivity contribution in [1.82, 2.24) is 0 Å². The fourth-order valence-electron chi connectivity index (χ4n) is 2.51. The zero-order valence-electron chi connectivity index (χ0n) is 17.3. The summed E-state index contributed by atoms with van der Waals surface area (Å²) in [4.78, 5) is 1.07. The number of benzene rings is 2. The van der Waals surface area contributed by atoms with E-state index in [2.05, 4.69) is 13.0 Å². The standard InChI is InChI=1S/C22H27F3O4S/c1-4-11-27-21-10-9-20(12-16(21)2)30-14-19(29-15-26-3)13-28-18-7-5-17(6-8-18)22(23,24)25/h5-10,12,19H,4,11,13-15H2,1-3H3/t19-/m1/s1. The first kappa shape index (κ1) is 24.4. The van der Waals surface area contributed by atoms with Crippen LogP contribution >= 0.6 is 11.8 Å². The molecular weight excluding hydrogens is 417 g/mol. The molecule has 30 heavy (non-hydrogen) atoms. The van der Waals surface area contributed by atoms with E-state index in [1.54, 1.807) is 11.8 Å². The number of hydrogen-bond acceptors (Lipinski definition) is 5. The number of ether oxygens (including phenoxy) is 4. The van der Waals surface area contributed by atoms with E-state index in [-0.39, 0.29) is 19.5 Å². The van der Waals surface area contributed by atoms with Crippen LogP contribution < -0.4 is 9.47 Å².